The standard InChI is InChI=1S/C15H18ClF3N2OS/c1-9-4-2-3-5-12(9)21-13(22)8-23-14-11(16)6-10(7-20-14)15(17,18)19/h6-7,9,12H,2-5,8H2,1H3,(H,21,22)/t9-,12-/m1/s1. The number of pyridine rings is 1. The average molecular weight is 367 g/mol. The summed E-state index contributed by atoms with van der Waals surface area (Å²) in [5, 5.41) is 3.12. The molecule has 0 aromatic carbocycles. The zero-order chi connectivity index (χ0) is 17.0. The van der Waals surface area contributed by atoms with Gasteiger partial charge in [-0.15, -0.1) is 0 Å². The number of thioether (sulfide) groups is 1. The number of amides is 1. The first-order valence-corrected chi connectivity index (χ1v) is 8.78. The van der Waals surface area contributed by atoms with Crippen LogP contribution in [0.2, 0.25) is 5.02 Å². The molecule has 1 aliphatic rings. The van der Waals surface area contributed by atoms with Crippen molar-refractivity contribution in [3.63, 3.8) is 0 Å². The molecule has 1 amide bonds. The predicted octanol–water partition coefficient (Wildman–Crippen LogP) is 4.54. The zero-order valence-corrected chi connectivity index (χ0v) is 14.2. The second kappa shape index (κ2) is 7.75. The van der Waals surface area contributed by atoms with Crippen LogP contribution in [0.25, 0.3) is 0 Å². The molecule has 2 atom stereocenters. The largest absolute Gasteiger partial charge is 0.417 e. The summed E-state index contributed by atoms with van der Waals surface area (Å²) in [6.07, 6.45) is 0.618. The van der Waals surface area contributed by atoms with Gasteiger partial charge in [-0.2, -0.15) is 13.2 Å². The van der Waals surface area contributed by atoms with Crippen molar-refractivity contribution in [2.75, 3.05) is 5.75 Å². The molecule has 0 bridgehead atoms. The number of carbonyl (C=O) groups excluding carboxylic acids is 1. The lowest BCUT2D eigenvalue weighted by atomic mass is 9.86. The molecule has 1 heterocycles. The third kappa shape index (κ3) is 5.28. The Morgan fingerprint density at radius 2 is 2.13 bits per heavy atom. The van der Waals surface area contributed by atoms with E-state index in [1.807, 2.05) is 0 Å². The van der Waals surface area contributed by atoms with Gasteiger partial charge in [0.2, 0.25) is 5.91 Å². The van der Waals surface area contributed by atoms with Crippen LogP contribution in [0.4, 0.5) is 13.2 Å². The number of hydrogen-bond donors (Lipinski definition) is 1. The second-order valence-electron chi connectivity index (χ2n) is 5.73. The highest BCUT2D eigenvalue weighted by molar-refractivity contribution is 8.00. The van der Waals surface area contributed by atoms with Crippen molar-refractivity contribution >= 4 is 29.3 Å². The molecule has 0 saturated heterocycles. The van der Waals surface area contributed by atoms with E-state index in [0.29, 0.717) is 5.92 Å². The molecule has 1 fully saturated rings. The average Bonchev–Trinajstić information content (AvgIpc) is 2.47. The summed E-state index contributed by atoms with van der Waals surface area (Å²) in [6.45, 7) is 2.12. The minimum absolute atomic E-state index is 0.0846. The van der Waals surface area contributed by atoms with E-state index >= 15 is 0 Å². The monoisotopic (exact) mass is 366 g/mol. The Morgan fingerprint density at radius 3 is 2.74 bits per heavy atom. The SMILES string of the molecule is C[C@@H]1CCCC[C@H]1NC(=O)CSc1ncc(C(F)(F)F)cc1Cl. The molecule has 0 aliphatic heterocycles. The van der Waals surface area contributed by atoms with Crippen LogP contribution in [0.3, 0.4) is 0 Å². The third-order valence-electron chi connectivity index (χ3n) is 3.93. The zero-order valence-electron chi connectivity index (χ0n) is 12.6. The number of aromatic nitrogens is 1. The summed E-state index contributed by atoms with van der Waals surface area (Å²) in [4.78, 5) is 15.7. The quantitative estimate of drug-likeness (QED) is 0.795. The van der Waals surface area contributed by atoms with Crippen molar-refractivity contribution < 1.29 is 18.0 Å². The van der Waals surface area contributed by atoms with Gasteiger partial charge in [0, 0.05) is 12.2 Å². The fourth-order valence-electron chi connectivity index (χ4n) is 2.60. The van der Waals surface area contributed by atoms with Crippen molar-refractivity contribution in [2.24, 2.45) is 5.92 Å². The lowest BCUT2D eigenvalue weighted by Crippen LogP contribution is -2.41. The molecule has 0 unspecified atom stereocenters. The normalized spacial score (nSPS) is 22.0. The van der Waals surface area contributed by atoms with Crippen LogP contribution in [-0.2, 0) is 11.0 Å². The van der Waals surface area contributed by atoms with E-state index in [4.69, 9.17) is 11.6 Å². The maximum absolute atomic E-state index is 12.5. The van der Waals surface area contributed by atoms with E-state index in [1.54, 1.807) is 0 Å². The van der Waals surface area contributed by atoms with Crippen LogP contribution in [0.15, 0.2) is 17.3 Å². The Morgan fingerprint density at radius 1 is 1.43 bits per heavy atom. The maximum Gasteiger partial charge on any atom is 0.417 e. The van der Waals surface area contributed by atoms with Gasteiger partial charge in [0.25, 0.3) is 0 Å². The Hall–Kier alpha value is -0.950. The number of carbonyl (C=O) groups is 1. The Labute approximate surface area is 142 Å². The minimum Gasteiger partial charge on any atom is -0.352 e. The van der Waals surface area contributed by atoms with Gasteiger partial charge in [-0.1, -0.05) is 43.1 Å². The highest BCUT2D eigenvalue weighted by Crippen LogP contribution is 2.33. The molecule has 3 nitrogen and oxygen atoms in total. The van der Waals surface area contributed by atoms with E-state index in [0.717, 1.165) is 43.3 Å². The lowest BCUT2D eigenvalue weighted by molar-refractivity contribution is -0.137. The molecule has 128 valence electrons. The molecule has 1 aliphatic carbocycles. The summed E-state index contributed by atoms with van der Waals surface area (Å²) in [5.74, 6) is 0.387. The first-order chi connectivity index (χ1) is 10.8. The number of nitrogens with one attached hydrogen (secondary N) is 1. The number of nitrogens with zero attached hydrogens (tertiary/aromatic N) is 1. The summed E-state index contributed by atoms with van der Waals surface area (Å²) in [7, 11) is 0. The van der Waals surface area contributed by atoms with E-state index in [9.17, 15) is 18.0 Å². The Balaban J connectivity index is 1.89. The smallest absolute Gasteiger partial charge is 0.352 e. The number of rotatable bonds is 4. The van der Waals surface area contributed by atoms with Crippen molar-refractivity contribution in [1.82, 2.24) is 10.3 Å². The highest BCUT2D eigenvalue weighted by atomic mass is 35.5. The molecule has 1 aromatic rings. The first kappa shape index (κ1) is 18.4. The van der Waals surface area contributed by atoms with Gasteiger partial charge in [-0.3, -0.25) is 4.79 Å². The van der Waals surface area contributed by atoms with Crippen molar-refractivity contribution in [3.8, 4) is 0 Å². The van der Waals surface area contributed by atoms with Gasteiger partial charge in [0.15, 0.2) is 0 Å². The Kier molecular flexibility index (Phi) is 6.19. The van der Waals surface area contributed by atoms with Gasteiger partial charge >= 0.3 is 6.18 Å². The maximum atomic E-state index is 12.5. The predicted molar refractivity (Wildman–Crippen MR) is 84.5 cm³/mol. The van der Waals surface area contributed by atoms with E-state index in [2.05, 4.69) is 17.2 Å². The molecule has 23 heavy (non-hydrogen) atoms. The summed E-state index contributed by atoms with van der Waals surface area (Å²) < 4.78 is 37.6. The molecule has 1 aromatic heterocycles. The van der Waals surface area contributed by atoms with Crippen molar-refractivity contribution in [1.29, 1.82) is 0 Å². The van der Waals surface area contributed by atoms with Gasteiger partial charge < -0.3 is 5.32 Å². The van der Waals surface area contributed by atoms with Crippen molar-refractivity contribution in [3.05, 3.63) is 22.8 Å². The van der Waals surface area contributed by atoms with Crippen LogP contribution >= 0.6 is 23.4 Å². The molecule has 0 radical (unpaired) electrons. The van der Waals surface area contributed by atoms with Gasteiger partial charge in [0.05, 0.1) is 16.3 Å². The van der Waals surface area contributed by atoms with Gasteiger partial charge in [0.1, 0.15) is 5.03 Å². The second-order valence-corrected chi connectivity index (χ2v) is 7.10. The van der Waals surface area contributed by atoms with Gasteiger partial charge in [-0.05, 0) is 24.8 Å². The van der Waals surface area contributed by atoms with Crippen LogP contribution in [0, 0.1) is 5.92 Å². The number of hydrogen-bond acceptors (Lipinski definition) is 3. The molecule has 2 rings (SSSR count). The van der Waals surface area contributed by atoms with Gasteiger partial charge in [-0.25, -0.2) is 4.98 Å². The molecule has 1 N–H and O–H groups in total. The van der Waals surface area contributed by atoms with Crippen LogP contribution in [0.1, 0.15) is 38.2 Å². The summed E-state index contributed by atoms with van der Waals surface area (Å²) in [6, 6.07) is 1.01. The molecule has 8 heteroatoms. The number of halogens is 4. The first-order valence-electron chi connectivity index (χ1n) is 7.42. The molecule has 1 saturated carbocycles. The fraction of sp³-hybridized carbons (Fsp3) is 0.600. The van der Waals surface area contributed by atoms with Crippen molar-refractivity contribution in [2.45, 2.75) is 49.9 Å². The summed E-state index contributed by atoms with van der Waals surface area (Å²) >= 11 is 6.86. The van der Waals surface area contributed by atoms with E-state index in [1.165, 1.54) is 6.42 Å². The number of alkyl halides is 3. The fourth-order valence-corrected chi connectivity index (χ4v) is 3.60. The van der Waals surface area contributed by atoms with E-state index in [-0.39, 0.29) is 27.8 Å². The summed E-state index contributed by atoms with van der Waals surface area (Å²) in [5.41, 5.74) is -0.896. The highest BCUT2D eigenvalue weighted by Gasteiger charge is 2.31. The van der Waals surface area contributed by atoms with Crippen LogP contribution in [0.5, 0.6) is 0 Å². The van der Waals surface area contributed by atoms with Crippen LogP contribution < -0.4 is 5.32 Å². The molecular formula is C15H18ClF3N2OS. The van der Waals surface area contributed by atoms with E-state index < -0.39 is 11.7 Å². The molecular weight excluding hydrogens is 349 g/mol. The molecule has 0 spiro atoms. The van der Waals surface area contributed by atoms with Crippen LogP contribution in [-0.4, -0.2) is 22.7 Å². The minimum atomic E-state index is -4.48. The topological polar surface area (TPSA) is 42.0 Å². The Bertz CT molecular complexity index is 568. The lowest BCUT2D eigenvalue weighted by Gasteiger charge is -2.29. The third-order valence-corrected chi connectivity index (χ3v) is 5.34.